The molecule has 1 saturated heterocycles. The first kappa shape index (κ1) is 11.5. The van der Waals surface area contributed by atoms with E-state index in [1.807, 2.05) is 28.7 Å². The van der Waals surface area contributed by atoms with Crippen LogP contribution in [-0.2, 0) is 0 Å². The van der Waals surface area contributed by atoms with Crippen molar-refractivity contribution in [1.29, 1.82) is 0 Å². The van der Waals surface area contributed by atoms with Crippen LogP contribution in [0.2, 0.25) is 0 Å². The lowest BCUT2D eigenvalue weighted by Crippen LogP contribution is -2.45. The summed E-state index contributed by atoms with van der Waals surface area (Å²) in [6, 6.07) is 7.94. The lowest BCUT2D eigenvalue weighted by Gasteiger charge is -2.32. The molecule has 2 aromatic heterocycles. The molecule has 0 N–H and O–H groups in total. The summed E-state index contributed by atoms with van der Waals surface area (Å²) in [6.45, 7) is 3.97. The summed E-state index contributed by atoms with van der Waals surface area (Å²) in [4.78, 5) is 4.58. The van der Waals surface area contributed by atoms with E-state index in [1.165, 1.54) is 0 Å². The summed E-state index contributed by atoms with van der Waals surface area (Å²) in [7, 11) is 2.14. The Balaban J connectivity index is 1.89. The smallest absolute Gasteiger partial charge is 0.276 e. The average molecular weight is 269 g/mol. The molecular formula is C13H15N7. The van der Waals surface area contributed by atoms with Gasteiger partial charge in [-0.05, 0) is 19.2 Å². The zero-order valence-electron chi connectivity index (χ0n) is 11.3. The van der Waals surface area contributed by atoms with Crippen molar-refractivity contribution in [3.63, 3.8) is 0 Å². The van der Waals surface area contributed by atoms with Crippen molar-refractivity contribution in [2.45, 2.75) is 0 Å². The quantitative estimate of drug-likeness (QED) is 0.638. The lowest BCUT2D eigenvalue weighted by atomic mass is 10.3. The number of para-hydroxylation sites is 1. The third-order valence-corrected chi connectivity index (χ3v) is 3.78. The van der Waals surface area contributed by atoms with Crippen molar-refractivity contribution in [1.82, 2.24) is 29.7 Å². The minimum atomic E-state index is 0.553. The predicted octanol–water partition coefficient (Wildman–Crippen LogP) is 0.424. The monoisotopic (exact) mass is 269 g/mol. The van der Waals surface area contributed by atoms with Crippen molar-refractivity contribution >= 4 is 22.8 Å². The van der Waals surface area contributed by atoms with Gasteiger partial charge in [0, 0.05) is 26.2 Å². The fraction of sp³-hybridized carbons (Fsp3) is 0.385. The molecule has 1 aliphatic rings. The molecule has 0 spiro atoms. The number of anilines is 1. The molecule has 20 heavy (non-hydrogen) atoms. The zero-order chi connectivity index (χ0) is 13.5. The average Bonchev–Trinajstić information content (AvgIpc) is 2.92. The fourth-order valence-electron chi connectivity index (χ4n) is 2.60. The van der Waals surface area contributed by atoms with Gasteiger partial charge in [0.1, 0.15) is 5.52 Å². The molecule has 3 aromatic rings. The Morgan fingerprint density at radius 1 is 0.900 bits per heavy atom. The molecule has 0 saturated carbocycles. The van der Waals surface area contributed by atoms with E-state index in [9.17, 15) is 0 Å². The van der Waals surface area contributed by atoms with E-state index >= 15 is 0 Å². The third-order valence-electron chi connectivity index (χ3n) is 3.78. The van der Waals surface area contributed by atoms with Crippen molar-refractivity contribution in [3.8, 4) is 0 Å². The minimum absolute atomic E-state index is 0.553. The van der Waals surface area contributed by atoms with Gasteiger partial charge in [0.25, 0.3) is 5.78 Å². The highest BCUT2D eigenvalue weighted by Gasteiger charge is 2.20. The Morgan fingerprint density at radius 2 is 1.65 bits per heavy atom. The topological polar surface area (TPSA) is 62.5 Å². The van der Waals surface area contributed by atoms with E-state index < -0.39 is 0 Å². The van der Waals surface area contributed by atoms with Gasteiger partial charge in [0.2, 0.25) is 5.95 Å². The number of hydrogen-bond donors (Lipinski definition) is 0. The number of nitrogens with zero attached hydrogens (tertiary/aromatic N) is 7. The number of benzene rings is 1. The molecule has 0 atom stereocenters. The molecule has 1 aromatic carbocycles. The highest BCUT2D eigenvalue weighted by molar-refractivity contribution is 5.77. The first-order valence-electron chi connectivity index (χ1n) is 6.73. The van der Waals surface area contributed by atoms with Gasteiger partial charge in [-0.1, -0.05) is 12.1 Å². The molecule has 4 rings (SSSR count). The summed E-state index contributed by atoms with van der Waals surface area (Å²) in [5.41, 5.74) is 1.85. The van der Waals surface area contributed by atoms with E-state index in [-0.39, 0.29) is 0 Å². The van der Waals surface area contributed by atoms with Crippen LogP contribution in [0.4, 0.5) is 5.95 Å². The summed E-state index contributed by atoms with van der Waals surface area (Å²) in [6.07, 6.45) is 0. The number of fused-ring (bicyclic) bond motifs is 3. The molecule has 7 heteroatoms. The summed E-state index contributed by atoms with van der Waals surface area (Å²) < 4.78 is 1.99. The van der Waals surface area contributed by atoms with Crippen LogP contribution in [0.1, 0.15) is 0 Å². The number of hydrogen-bond acceptors (Lipinski definition) is 6. The van der Waals surface area contributed by atoms with Crippen LogP contribution in [0.5, 0.6) is 0 Å². The van der Waals surface area contributed by atoms with Gasteiger partial charge < -0.3 is 9.80 Å². The van der Waals surface area contributed by atoms with Gasteiger partial charge in [-0.2, -0.15) is 0 Å². The molecule has 1 fully saturated rings. The second-order valence-corrected chi connectivity index (χ2v) is 5.11. The Bertz CT molecular complexity index is 758. The molecule has 0 radical (unpaired) electrons. The minimum Gasteiger partial charge on any atom is -0.338 e. The molecule has 0 unspecified atom stereocenters. The molecule has 102 valence electrons. The van der Waals surface area contributed by atoms with Gasteiger partial charge in [0.05, 0.1) is 5.52 Å². The van der Waals surface area contributed by atoms with Crippen LogP contribution >= 0.6 is 0 Å². The maximum Gasteiger partial charge on any atom is 0.276 e. The Kier molecular flexibility index (Phi) is 2.53. The van der Waals surface area contributed by atoms with E-state index in [1.54, 1.807) is 0 Å². The van der Waals surface area contributed by atoms with Gasteiger partial charge in [-0.15, -0.1) is 20.4 Å². The Labute approximate surface area is 115 Å². The van der Waals surface area contributed by atoms with E-state index in [0.29, 0.717) is 5.78 Å². The first-order valence-corrected chi connectivity index (χ1v) is 6.73. The van der Waals surface area contributed by atoms with Crippen LogP contribution in [0.15, 0.2) is 24.3 Å². The second-order valence-electron chi connectivity index (χ2n) is 5.11. The largest absolute Gasteiger partial charge is 0.338 e. The van der Waals surface area contributed by atoms with Crippen LogP contribution < -0.4 is 4.90 Å². The van der Waals surface area contributed by atoms with Crippen molar-refractivity contribution < 1.29 is 0 Å². The second kappa shape index (κ2) is 4.38. The molecule has 0 aliphatic carbocycles. The molecule has 7 nitrogen and oxygen atoms in total. The molecular weight excluding hydrogens is 254 g/mol. The molecule has 3 heterocycles. The van der Waals surface area contributed by atoms with Crippen molar-refractivity contribution in [2.75, 3.05) is 38.1 Å². The van der Waals surface area contributed by atoms with Crippen LogP contribution in [-0.4, -0.2) is 62.9 Å². The standard InChI is InChI=1S/C13H15N7/c1-18-6-8-19(9-7-18)13-17-16-12-15-14-10-4-2-3-5-11(10)20(12)13/h2-5H,6-9H2,1H3. The number of piperazine rings is 1. The highest BCUT2D eigenvalue weighted by Crippen LogP contribution is 2.19. The molecule has 1 aliphatic heterocycles. The van der Waals surface area contributed by atoms with Crippen LogP contribution in [0.3, 0.4) is 0 Å². The SMILES string of the molecule is CN1CCN(c2nnc3nnc4ccccc4n23)CC1. The predicted molar refractivity (Wildman–Crippen MR) is 75.8 cm³/mol. The zero-order valence-corrected chi connectivity index (χ0v) is 11.3. The van der Waals surface area contributed by atoms with Gasteiger partial charge in [-0.25, -0.2) is 4.40 Å². The molecule has 0 amide bonds. The van der Waals surface area contributed by atoms with Crippen LogP contribution in [0, 0.1) is 0 Å². The van der Waals surface area contributed by atoms with E-state index in [4.69, 9.17) is 0 Å². The van der Waals surface area contributed by atoms with E-state index in [0.717, 1.165) is 43.2 Å². The van der Waals surface area contributed by atoms with Gasteiger partial charge in [-0.3, -0.25) is 0 Å². The number of rotatable bonds is 1. The maximum atomic E-state index is 4.31. The number of likely N-dealkylation sites (N-methyl/N-ethyl adjacent to an activating group) is 1. The number of aromatic nitrogens is 5. The van der Waals surface area contributed by atoms with E-state index in [2.05, 4.69) is 37.2 Å². The van der Waals surface area contributed by atoms with Crippen molar-refractivity contribution in [3.05, 3.63) is 24.3 Å². The lowest BCUT2D eigenvalue weighted by molar-refractivity contribution is 0.311. The maximum absolute atomic E-state index is 4.31. The summed E-state index contributed by atoms with van der Waals surface area (Å²) in [5, 5.41) is 16.8. The summed E-state index contributed by atoms with van der Waals surface area (Å²) >= 11 is 0. The third kappa shape index (κ3) is 1.70. The molecule has 0 bridgehead atoms. The fourth-order valence-corrected chi connectivity index (χ4v) is 2.60. The van der Waals surface area contributed by atoms with Crippen LogP contribution in [0.25, 0.3) is 16.8 Å². The van der Waals surface area contributed by atoms with Gasteiger partial charge in [0.15, 0.2) is 0 Å². The highest BCUT2D eigenvalue weighted by atomic mass is 15.4. The summed E-state index contributed by atoms with van der Waals surface area (Å²) in [5.74, 6) is 1.41. The normalized spacial score (nSPS) is 17.1. The van der Waals surface area contributed by atoms with Crippen molar-refractivity contribution in [2.24, 2.45) is 0 Å². The first-order chi connectivity index (χ1) is 9.83. The Hall–Kier alpha value is -2.28. The Morgan fingerprint density at radius 3 is 2.50 bits per heavy atom. The van der Waals surface area contributed by atoms with Gasteiger partial charge >= 0.3 is 0 Å².